The second-order valence-electron chi connectivity index (χ2n) is 4.79. The van der Waals surface area contributed by atoms with E-state index in [1.165, 1.54) is 6.42 Å². The zero-order valence-electron chi connectivity index (χ0n) is 10.6. The molecular weight excluding hydrogens is 218 g/mol. The van der Waals surface area contributed by atoms with Crippen molar-refractivity contribution in [3.05, 3.63) is 11.7 Å². The molecule has 5 heteroatoms. The third-order valence-electron chi connectivity index (χ3n) is 3.47. The molecule has 0 aliphatic heterocycles. The summed E-state index contributed by atoms with van der Waals surface area (Å²) in [5.41, 5.74) is 0. The van der Waals surface area contributed by atoms with Gasteiger partial charge in [-0.2, -0.15) is 4.98 Å². The van der Waals surface area contributed by atoms with Crippen LogP contribution in [0.1, 0.15) is 44.3 Å². The van der Waals surface area contributed by atoms with Crippen LogP contribution in [0.3, 0.4) is 0 Å². The van der Waals surface area contributed by atoms with E-state index >= 15 is 0 Å². The van der Waals surface area contributed by atoms with Gasteiger partial charge in [-0.15, -0.1) is 0 Å². The predicted octanol–water partition coefficient (Wildman–Crippen LogP) is 1.37. The second-order valence-corrected chi connectivity index (χ2v) is 4.79. The maximum atomic E-state index is 9.96. The van der Waals surface area contributed by atoms with Gasteiger partial charge < -0.3 is 9.63 Å². The number of hydrogen-bond donors (Lipinski definition) is 1. The number of aliphatic hydroxyl groups excluding tert-OH is 1. The highest BCUT2D eigenvalue weighted by Crippen LogP contribution is 2.23. The molecule has 1 aliphatic carbocycles. The molecular formula is C12H21N3O2. The molecule has 0 bridgehead atoms. The van der Waals surface area contributed by atoms with Crippen LogP contribution in [0.5, 0.6) is 0 Å². The summed E-state index contributed by atoms with van der Waals surface area (Å²) in [4.78, 5) is 6.41. The SMILES string of the molecule is CCc1noc(CN(C)C2CCCCC2O)n1. The van der Waals surface area contributed by atoms with Crippen LogP contribution in [0.15, 0.2) is 4.52 Å². The van der Waals surface area contributed by atoms with E-state index in [-0.39, 0.29) is 12.1 Å². The van der Waals surface area contributed by atoms with Crippen molar-refractivity contribution in [2.75, 3.05) is 7.05 Å². The summed E-state index contributed by atoms with van der Waals surface area (Å²) >= 11 is 0. The third-order valence-corrected chi connectivity index (χ3v) is 3.47. The zero-order valence-corrected chi connectivity index (χ0v) is 10.6. The molecule has 1 aromatic rings. The fraction of sp³-hybridized carbons (Fsp3) is 0.833. The van der Waals surface area contributed by atoms with E-state index in [1.54, 1.807) is 0 Å². The van der Waals surface area contributed by atoms with Crippen molar-refractivity contribution in [1.29, 1.82) is 0 Å². The van der Waals surface area contributed by atoms with Crippen molar-refractivity contribution in [1.82, 2.24) is 15.0 Å². The molecule has 1 fully saturated rings. The lowest BCUT2D eigenvalue weighted by Crippen LogP contribution is -2.42. The third kappa shape index (κ3) is 3.04. The topological polar surface area (TPSA) is 62.4 Å². The van der Waals surface area contributed by atoms with E-state index < -0.39 is 0 Å². The molecule has 1 aromatic heterocycles. The normalized spacial score (nSPS) is 25.4. The van der Waals surface area contributed by atoms with Gasteiger partial charge in [0.15, 0.2) is 5.82 Å². The fourth-order valence-corrected chi connectivity index (χ4v) is 2.43. The number of nitrogens with zero attached hydrogens (tertiary/aromatic N) is 3. The Balaban J connectivity index is 1.93. The second kappa shape index (κ2) is 5.60. The molecule has 2 atom stereocenters. The van der Waals surface area contributed by atoms with Gasteiger partial charge in [-0.1, -0.05) is 24.9 Å². The van der Waals surface area contributed by atoms with Gasteiger partial charge in [0.1, 0.15) is 0 Å². The molecule has 1 heterocycles. The fourth-order valence-electron chi connectivity index (χ4n) is 2.43. The predicted molar refractivity (Wildman–Crippen MR) is 63.4 cm³/mol. The summed E-state index contributed by atoms with van der Waals surface area (Å²) in [6.45, 7) is 2.62. The molecule has 0 radical (unpaired) electrons. The van der Waals surface area contributed by atoms with Crippen LogP contribution < -0.4 is 0 Å². The molecule has 2 unspecified atom stereocenters. The minimum Gasteiger partial charge on any atom is -0.391 e. The Morgan fingerprint density at radius 2 is 2.18 bits per heavy atom. The molecule has 17 heavy (non-hydrogen) atoms. The maximum Gasteiger partial charge on any atom is 0.240 e. The maximum absolute atomic E-state index is 9.96. The van der Waals surface area contributed by atoms with Crippen LogP contribution in [-0.2, 0) is 13.0 Å². The zero-order chi connectivity index (χ0) is 12.3. The van der Waals surface area contributed by atoms with Crippen molar-refractivity contribution in [2.45, 2.75) is 57.7 Å². The molecule has 0 spiro atoms. The summed E-state index contributed by atoms with van der Waals surface area (Å²) in [6, 6.07) is 0.223. The average Bonchev–Trinajstić information content (AvgIpc) is 2.77. The van der Waals surface area contributed by atoms with Crippen LogP contribution in [0.25, 0.3) is 0 Å². The lowest BCUT2D eigenvalue weighted by atomic mass is 9.91. The van der Waals surface area contributed by atoms with Crippen LogP contribution >= 0.6 is 0 Å². The first-order valence-corrected chi connectivity index (χ1v) is 6.40. The summed E-state index contributed by atoms with van der Waals surface area (Å²) in [5, 5.41) is 13.8. The largest absolute Gasteiger partial charge is 0.391 e. The first kappa shape index (κ1) is 12.5. The molecule has 1 saturated carbocycles. The highest BCUT2D eigenvalue weighted by atomic mass is 16.5. The molecule has 1 aliphatic rings. The van der Waals surface area contributed by atoms with Gasteiger partial charge in [0, 0.05) is 12.5 Å². The first-order valence-electron chi connectivity index (χ1n) is 6.40. The minimum atomic E-state index is -0.220. The quantitative estimate of drug-likeness (QED) is 0.859. The van der Waals surface area contributed by atoms with Crippen molar-refractivity contribution in [2.24, 2.45) is 0 Å². The van der Waals surface area contributed by atoms with E-state index in [0.29, 0.717) is 12.4 Å². The highest BCUT2D eigenvalue weighted by molar-refractivity contribution is 4.88. The molecule has 0 saturated heterocycles. The van der Waals surface area contributed by atoms with Crippen LogP contribution in [0.4, 0.5) is 0 Å². The van der Waals surface area contributed by atoms with E-state index in [9.17, 15) is 5.11 Å². The summed E-state index contributed by atoms with van der Waals surface area (Å²) in [5.74, 6) is 1.39. The Labute approximate surface area is 102 Å². The Hall–Kier alpha value is -0.940. The number of aromatic nitrogens is 2. The van der Waals surface area contributed by atoms with Crippen LogP contribution in [0.2, 0.25) is 0 Å². The molecule has 0 aromatic carbocycles. The minimum absolute atomic E-state index is 0.220. The smallest absolute Gasteiger partial charge is 0.240 e. The Morgan fingerprint density at radius 1 is 1.41 bits per heavy atom. The van der Waals surface area contributed by atoms with E-state index in [1.807, 2.05) is 14.0 Å². The van der Waals surface area contributed by atoms with E-state index in [2.05, 4.69) is 15.0 Å². The molecule has 1 N–H and O–H groups in total. The van der Waals surface area contributed by atoms with Gasteiger partial charge in [-0.3, -0.25) is 4.90 Å². The highest BCUT2D eigenvalue weighted by Gasteiger charge is 2.27. The van der Waals surface area contributed by atoms with Gasteiger partial charge >= 0.3 is 0 Å². The van der Waals surface area contributed by atoms with Crippen molar-refractivity contribution >= 4 is 0 Å². The lowest BCUT2D eigenvalue weighted by molar-refractivity contribution is 0.0248. The molecule has 2 rings (SSSR count). The summed E-state index contributed by atoms with van der Waals surface area (Å²) in [7, 11) is 2.01. The molecule has 0 amide bonds. The number of aliphatic hydroxyl groups is 1. The monoisotopic (exact) mass is 239 g/mol. The van der Waals surface area contributed by atoms with Crippen LogP contribution in [0, 0.1) is 0 Å². The Kier molecular flexibility index (Phi) is 4.12. The van der Waals surface area contributed by atoms with Crippen LogP contribution in [-0.4, -0.2) is 39.3 Å². The Bertz CT molecular complexity index is 353. The number of aryl methyl sites for hydroxylation is 1. The van der Waals surface area contributed by atoms with E-state index in [0.717, 1.165) is 31.5 Å². The molecule has 96 valence electrons. The molecule has 5 nitrogen and oxygen atoms in total. The average molecular weight is 239 g/mol. The lowest BCUT2D eigenvalue weighted by Gasteiger charge is -2.34. The van der Waals surface area contributed by atoms with Crippen molar-refractivity contribution in [3.8, 4) is 0 Å². The number of hydrogen-bond acceptors (Lipinski definition) is 5. The van der Waals surface area contributed by atoms with Crippen molar-refractivity contribution < 1.29 is 9.63 Å². The first-order chi connectivity index (χ1) is 8.20. The van der Waals surface area contributed by atoms with Crippen molar-refractivity contribution in [3.63, 3.8) is 0 Å². The van der Waals surface area contributed by atoms with Gasteiger partial charge in [-0.25, -0.2) is 0 Å². The number of likely N-dealkylation sites (N-methyl/N-ethyl adjacent to an activating group) is 1. The summed E-state index contributed by atoms with van der Waals surface area (Å²) < 4.78 is 5.17. The Morgan fingerprint density at radius 3 is 2.82 bits per heavy atom. The van der Waals surface area contributed by atoms with E-state index in [4.69, 9.17) is 4.52 Å². The van der Waals surface area contributed by atoms with Gasteiger partial charge in [-0.05, 0) is 19.9 Å². The summed E-state index contributed by atoms with van der Waals surface area (Å²) in [6.07, 6.45) is 4.84. The van der Waals surface area contributed by atoms with Gasteiger partial charge in [0.25, 0.3) is 0 Å². The van der Waals surface area contributed by atoms with Gasteiger partial charge in [0.2, 0.25) is 5.89 Å². The number of rotatable bonds is 4. The van der Waals surface area contributed by atoms with Gasteiger partial charge in [0.05, 0.1) is 12.6 Å². The standard InChI is InChI=1S/C12H21N3O2/c1-3-11-13-12(17-14-11)8-15(2)9-6-4-5-7-10(9)16/h9-10,16H,3-8H2,1-2H3.